The first kappa shape index (κ1) is 13.4. The summed E-state index contributed by atoms with van der Waals surface area (Å²) in [5.41, 5.74) is 1.03. The second-order valence-corrected chi connectivity index (χ2v) is 3.72. The van der Waals surface area contributed by atoms with Gasteiger partial charge in [0, 0.05) is 19.2 Å². The van der Waals surface area contributed by atoms with Crippen LogP contribution in [0, 0.1) is 17.0 Å². The molecule has 0 aromatic heterocycles. The van der Waals surface area contributed by atoms with E-state index in [2.05, 4.69) is 5.32 Å². The summed E-state index contributed by atoms with van der Waals surface area (Å²) in [4.78, 5) is 10.5. The van der Waals surface area contributed by atoms with Crippen LogP contribution in [-0.4, -0.2) is 36.4 Å². The van der Waals surface area contributed by atoms with E-state index in [1.807, 2.05) is 0 Å². The van der Waals surface area contributed by atoms with Crippen LogP contribution < -0.4 is 5.32 Å². The van der Waals surface area contributed by atoms with Gasteiger partial charge in [-0.15, -0.1) is 0 Å². The molecule has 1 atom stereocenters. The lowest BCUT2D eigenvalue weighted by Gasteiger charge is -2.12. The molecule has 2 N–H and O–H groups in total. The van der Waals surface area contributed by atoms with Crippen molar-refractivity contribution in [3.8, 4) is 0 Å². The molecule has 6 heteroatoms. The SMILES string of the molecule is COCC(O)CNc1cccc(C)c1[N+](=O)[O-]. The maximum Gasteiger partial charge on any atom is 0.295 e. The minimum absolute atomic E-state index is 0.0390. The van der Waals surface area contributed by atoms with Gasteiger partial charge in [-0.3, -0.25) is 10.1 Å². The highest BCUT2D eigenvalue weighted by Crippen LogP contribution is 2.27. The van der Waals surface area contributed by atoms with Crippen LogP contribution in [0.3, 0.4) is 0 Å². The van der Waals surface area contributed by atoms with Gasteiger partial charge in [-0.05, 0) is 13.0 Å². The summed E-state index contributed by atoms with van der Waals surface area (Å²) in [5.74, 6) is 0. The van der Waals surface area contributed by atoms with Gasteiger partial charge in [0.2, 0.25) is 0 Å². The van der Waals surface area contributed by atoms with Crippen molar-refractivity contribution in [2.75, 3.05) is 25.6 Å². The van der Waals surface area contributed by atoms with Crippen molar-refractivity contribution in [3.63, 3.8) is 0 Å². The predicted molar refractivity (Wildman–Crippen MR) is 64.2 cm³/mol. The number of anilines is 1. The van der Waals surface area contributed by atoms with Gasteiger partial charge in [-0.25, -0.2) is 0 Å². The van der Waals surface area contributed by atoms with E-state index < -0.39 is 11.0 Å². The summed E-state index contributed by atoms with van der Waals surface area (Å²) in [6.07, 6.45) is -0.694. The Balaban J connectivity index is 2.77. The fourth-order valence-electron chi connectivity index (χ4n) is 1.52. The van der Waals surface area contributed by atoms with E-state index >= 15 is 0 Å². The maximum atomic E-state index is 10.9. The number of hydrogen-bond donors (Lipinski definition) is 2. The van der Waals surface area contributed by atoms with Crippen LogP contribution in [0.15, 0.2) is 18.2 Å². The van der Waals surface area contributed by atoms with Crippen LogP contribution in [0.5, 0.6) is 0 Å². The number of nitrogens with zero attached hydrogens (tertiary/aromatic N) is 1. The van der Waals surface area contributed by atoms with E-state index in [1.54, 1.807) is 25.1 Å². The molecule has 0 aliphatic heterocycles. The molecule has 0 bridgehead atoms. The topological polar surface area (TPSA) is 84.6 Å². The molecule has 0 spiro atoms. The Labute approximate surface area is 99.4 Å². The van der Waals surface area contributed by atoms with Crippen LogP contribution in [0.2, 0.25) is 0 Å². The summed E-state index contributed by atoms with van der Waals surface area (Å²) >= 11 is 0. The van der Waals surface area contributed by atoms with Gasteiger partial charge in [-0.2, -0.15) is 0 Å². The number of hydrogen-bond acceptors (Lipinski definition) is 5. The van der Waals surface area contributed by atoms with Crippen LogP contribution in [-0.2, 0) is 4.74 Å². The van der Waals surface area contributed by atoms with Crippen molar-refractivity contribution in [3.05, 3.63) is 33.9 Å². The predicted octanol–water partition coefficient (Wildman–Crippen LogP) is 1.32. The van der Waals surface area contributed by atoms with Gasteiger partial charge in [-0.1, -0.05) is 12.1 Å². The Hall–Kier alpha value is -1.66. The lowest BCUT2D eigenvalue weighted by molar-refractivity contribution is -0.384. The van der Waals surface area contributed by atoms with Gasteiger partial charge in [0.15, 0.2) is 0 Å². The van der Waals surface area contributed by atoms with E-state index in [-0.39, 0.29) is 18.8 Å². The maximum absolute atomic E-state index is 10.9. The number of methoxy groups -OCH3 is 1. The lowest BCUT2D eigenvalue weighted by Crippen LogP contribution is -2.24. The van der Waals surface area contributed by atoms with Crippen molar-refractivity contribution < 1.29 is 14.8 Å². The zero-order valence-electron chi connectivity index (χ0n) is 9.84. The number of aliphatic hydroxyl groups excluding tert-OH is 1. The highest BCUT2D eigenvalue weighted by atomic mass is 16.6. The molecule has 1 unspecified atom stereocenters. The number of benzene rings is 1. The lowest BCUT2D eigenvalue weighted by atomic mass is 10.1. The molecule has 0 saturated heterocycles. The quantitative estimate of drug-likeness (QED) is 0.578. The number of ether oxygens (including phenoxy) is 1. The average molecular weight is 240 g/mol. The Kier molecular flexibility index (Phi) is 4.86. The zero-order chi connectivity index (χ0) is 12.8. The van der Waals surface area contributed by atoms with Gasteiger partial charge >= 0.3 is 0 Å². The second kappa shape index (κ2) is 6.17. The third-order valence-corrected chi connectivity index (χ3v) is 2.31. The Morgan fingerprint density at radius 3 is 2.88 bits per heavy atom. The van der Waals surface area contributed by atoms with Gasteiger partial charge in [0.05, 0.1) is 17.6 Å². The molecule has 0 aliphatic rings. The smallest absolute Gasteiger partial charge is 0.295 e. The summed E-state index contributed by atoms with van der Waals surface area (Å²) in [7, 11) is 1.48. The van der Waals surface area contributed by atoms with E-state index in [0.29, 0.717) is 11.3 Å². The van der Waals surface area contributed by atoms with Crippen LogP contribution in [0.4, 0.5) is 11.4 Å². The molecular weight excluding hydrogens is 224 g/mol. The van der Waals surface area contributed by atoms with Gasteiger partial charge in [0.25, 0.3) is 5.69 Å². The first-order valence-electron chi connectivity index (χ1n) is 5.21. The third-order valence-electron chi connectivity index (χ3n) is 2.31. The van der Waals surface area contributed by atoms with Crippen molar-refractivity contribution in [2.45, 2.75) is 13.0 Å². The molecule has 94 valence electrons. The summed E-state index contributed by atoms with van der Waals surface area (Å²) in [5, 5.41) is 23.2. The molecule has 0 heterocycles. The van der Waals surface area contributed by atoms with E-state index in [1.165, 1.54) is 7.11 Å². The van der Waals surface area contributed by atoms with Gasteiger partial charge < -0.3 is 15.2 Å². The highest BCUT2D eigenvalue weighted by Gasteiger charge is 2.17. The summed E-state index contributed by atoms with van der Waals surface area (Å²) in [6, 6.07) is 5.02. The average Bonchev–Trinajstić information content (AvgIpc) is 2.26. The molecule has 6 nitrogen and oxygen atoms in total. The fraction of sp³-hybridized carbons (Fsp3) is 0.455. The number of aliphatic hydroxyl groups is 1. The summed E-state index contributed by atoms with van der Waals surface area (Å²) < 4.78 is 4.77. The van der Waals surface area contributed by atoms with Crippen LogP contribution >= 0.6 is 0 Å². The molecule has 0 amide bonds. The Morgan fingerprint density at radius 1 is 1.59 bits per heavy atom. The Morgan fingerprint density at radius 2 is 2.29 bits per heavy atom. The number of nitrogens with one attached hydrogen (secondary N) is 1. The zero-order valence-corrected chi connectivity index (χ0v) is 9.84. The van der Waals surface area contributed by atoms with E-state index in [0.717, 1.165) is 0 Å². The molecular formula is C11H16N2O4. The molecule has 0 fully saturated rings. The van der Waals surface area contributed by atoms with Crippen LogP contribution in [0.1, 0.15) is 5.56 Å². The number of aryl methyl sites for hydroxylation is 1. The highest BCUT2D eigenvalue weighted by molar-refractivity contribution is 5.65. The molecule has 0 aliphatic carbocycles. The molecule has 0 radical (unpaired) electrons. The number of nitro groups is 1. The standard InChI is InChI=1S/C11H16N2O4/c1-8-4-3-5-10(11(8)13(15)16)12-6-9(14)7-17-2/h3-5,9,12,14H,6-7H2,1-2H3. The first-order chi connectivity index (χ1) is 8.06. The van der Waals surface area contributed by atoms with Crippen molar-refractivity contribution in [1.82, 2.24) is 0 Å². The van der Waals surface area contributed by atoms with E-state index in [4.69, 9.17) is 4.74 Å². The molecule has 1 aromatic carbocycles. The fourth-order valence-corrected chi connectivity index (χ4v) is 1.52. The van der Waals surface area contributed by atoms with Crippen LogP contribution in [0.25, 0.3) is 0 Å². The third kappa shape index (κ3) is 3.69. The number of rotatable bonds is 6. The molecule has 17 heavy (non-hydrogen) atoms. The minimum Gasteiger partial charge on any atom is -0.389 e. The summed E-state index contributed by atoms with van der Waals surface area (Å²) in [6.45, 7) is 2.07. The van der Waals surface area contributed by atoms with E-state index in [9.17, 15) is 15.2 Å². The van der Waals surface area contributed by atoms with Gasteiger partial charge in [0.1, 0.15) is 5.69 Å². The molecule has 0 saturated carbocycles. The first-order valence-corrected chi connectivity index (χ1v) is 5.21. The largest absolute Gasteiger partial charge is 0.389 e. The second-order valence-electron chi connectivity index (χ2n) is 3.72. The van der Waals surface area contributed by atoms with Crippen molar-refractivity contribution >= 4 is 11.4 Å². The number of nitro benzene ring substituents is 1. The molecule has 1 aromatic rings. The Bertz CT molecular complexity index is 395. The molecule has 1 rings (SSSR count). The monoisotopic (exact) mass is 240 g/mol. The van der Waals surface area contributed by atoms with Crippen molar-refractivity contribution in [2.24, 2.45) is 0 Å². The number of para-hydroxylation sites is 1. The minimum atomic E-state index is -0.694. The van der Waals surface area contributed by atoms with Crippen molar-refractivity contribution in [1.29, 1.82) is 0 Å². The normalized spacial score (nSPS) is 12.2.